The van der Waals surface area contributed by atoms with Crippen LogP contribution in [-0.2, 0) is 14.3 Å². The van der Waals surface area contributed by atoms with Gasteiger partial charge in [-0.3, -0.25) is 0 Å². The molecule has 104 valence electrons. The second kappa shape index (κ2) is 6.02. The highest BCUT2D eigenvalue weighted by Crippen LogP contribution is 2.31. The van der Waals surface area contributed by atoms with E-state index < -0.39 is 12.1 Å². The molecular weight excluding hydrogens is 232 g/mol. The van der Waals surface area contributed by atoms with E-state index in [-0.39, 0.29) is 6.10 Å². The molecule has 18 heavy (non-hydrogen) atoms. The highest BCUT2D eigenvalue weighted by molar-refractivity contribution is 5.72. The Kier molecular flexibility index (Phi) is 4.62. The lowest BCUT2D eigenvalue weighted by Gasteiger charge is -2.32. The third kappa shape index (κ3) is 3.69. The fourth-order valence-electron chi connectivity index (χ4n) is 3.26. The van der Waals surface area contributed by atoms with Crippen LogP contribution in [0.3, 0.4) is 0 Å². The molecule has 1 saturated carbocycles. The van der Waals surface area contributed by atoms with E-state index in [0.717, 1.165) is 31.1 Å². The van der Waals surface area contributed by atoms with Gasteiger partial charge in [0, 0.05) is 0 Å². The van der Waals surface area contributed by atoms with E-state index in [2.05, 4.69) is 13.8 Å². The number of hydrogen-bond acceptors (Lipinski definition) is 3. The van der Waals surface area contributed by atoms with Gasteiger partial charge in [0.15, 0.2) is 6.10 Å². The van der Waals surface area contributed by atoms with Gasteiger partial charge >= 0.3 is 5.97 Å². The van der Waals surface area contributed by atoms with Crippen molar-refractivity contribution in [1.29, 1.82) is 0 Å². The summed E-state index contributed by atoms with van der Waals surface area (Å²) in [6, 6.07) is 0. The first-order valence-corrected chi connectivity index (χ1v) is 7.04. The minimum Gasteiger partial charge on any atom is -0.479 e. The van der Waals surface area contributed by atoms with Crippen molar-refractivity contribution < 1.29 is 19.4 Å². The standard InChI is InChI=1S/C14H24O4/c1-9-5-10(2)7-12(6-9)17-8-11-3-4-13(18-11)14(15)16/h9-13H,3-8H2,1-2H3,(H,15,16). The molecule has 0 aromatic heterocycles. The SMILES string of the molecule is CC1CC(C)CC(OCC2CCC(C(=O)O)O2)C1. The zero-order chi connectivity index (χ0) is 13.1. The van der Waals surface area contributed by atoms with Crippen LogP contribution in [0.4, 0.5) is 0 Å². The van der Waals surface area contributed by atoms with Crippen LogP contribution >= 0.6 is 0 Å². The molecule has 0 radical (unpaired) electrons. The fourth-order valence-corrected chi connectivity index (χ4v) is 3.26. The Morgan fingerprint density at radius 2 is 1.89 bits per heavy atom. The summed E-state index contributed by atoms with van der Waals surface area (Å²) in [6.45, 7) is 5.10. The van der Waals surface area contributed by atoms with Crippen LogP contribution in [0, 0.1) is 11.8 Å². The molecule has 0 aromatic rings. The van der Waals surface area contributed by atoms with E-state index in [1.54, 1.807) is 0 Å². The average Bonchev–Trinajstić information content (AvgIpc) is 2.73. The van der Waals surface area contributed by atoms with Gasteiger partial charge in [0.2, 0.25) is 0 Å². The predicted molar refractivity (Wildman–Crippen MR) is 67.4 cm³/mol. The van der Waals surface area contributed by atoms with Crippen LogP contribution in [0.25, 0.3) is 0 Å². The zero-order valence-corrected chi connectivity index (χ0v) is 11.3. The molecule has 4 heteroatoms. The second-order valence-corrected chi connectivity index (χ2v) is 6.04. The largest absolute Gasteiger partial charge is 0.479 e. The van der Waals surface area contributed by atoms with Gasteiger partial charge in [0.1, 0.15) is 0 Å². The molecule has 1 heterocycles. The van der Waals surface area contributed by atoms with Crippen LogP contribution < -0.4 is 0 Å². The number of ether oxygens (including phenoxy) is 2. The highest BCUT2D eigenvalue weighted by Gasteiger charge is 2.32. The maximum absolute atomic E-state index is 10.8. The molecular formula is C14H24O4. The summed E-state index contributed by atoms with van der Waals surface area (Å²) < 4.78 is 11.4. The number of hydrogen-bond donors (Lipinski definition) is 1. The summed E-state index contributed by atoms with van der Waals surface area (Å²) in [6.07, 6.45) is 4.63. The minimum absolute atomic E-state index is 0.0290. The summed E-state index contributed by atoms with van der Waals surface area (Å²) in [5.41, 5.74) is 0. The maximum Gasteiger partial charge on any atom is 0.332 e. The van der Waals surface area contributed by atoms with Crippen molar-refractivity contribution in [1.82, 2.24) is 0 Å². The van der Waals surface area contributed by atoms with Crippen LogP contribution in [0.15, 0.2) is 0 Å². The lowest BCUT2D eigenvalue weighted by atomic mass is 9.82. The minimum atomic E-state index is -0.850. The van der Waals surface area contributed by atoms with Crippen molar-refractivity contribution in [2.45, 2.75) is 64.3 Å². The number of carbonyl (C=O) groups is 1. The van der Waals surface area contributed by atoms with Crippen LogP contribution in [0.2, 0.25) is 0 Å². The summed E-state index contributed by atoms with van der Waals surface area (Å²) >= 11 is 0. The molecule has 0 aromatic carbocycles. The summed E-state index contributed by atoms with van der Waals surface area (Å²) in [7, 11) is 0. The number of carboxylic acid groups (broad SMARTS) is 1. The van der Waals surface area contributed by atoms with Crippen molar-refractivity contribution in [3.63, 3.8) is 0 Å². The van der Waals surface area contributed by atoms with Gasteiger partial charge in [-0.05, 0) is 43.9 Å². The van der Waals surface area contributed by atoms with E-state index in [0.29, 0.717) is 19.1 Å². The van der Waals surface area contributed by atoms with Crippen molar-refractivity contribution >= 4 is 5.97 Å². The molecule has 0 bridgehead atoms. The number of aliphatic carboxylic acids is 1. The van der Waals surface area contributed by atoms with Crippen LogP contribution in [0.1, 0.15) is 46.0 Å². The third-order valence-corrected chi connectivity index (χ3v) is 4.04. The summed E-state index contributed by atoms with van der Waals surface area (Å²) in [4.78, 5) is 10.8. The van der Waals surface area contributed by atoms with E-state index in [4.69, 9.17) is 14.6 Å². The molecule has 2 aliphatic rings. The fraction of sp³-hybridized carbons (Fsp3) is 0.929. The zero-order valence-electron chi connectivity index (χ0n) is 11.3. The average molecular weight is 256 g/mol. The molecule has 4 nitrogen and oxygen atoms in total. The highest BCUT2D eigenvalue weighted by atomic mass is 16.6. The molecule has 1 N–H and O–H groups in total. The number of carboxylic acids is 1. The van der Waals surface area contributed by atoms with Crippen LogP contribution in [-0.4, -0.2) is 36.0 Å². The third-order valence-electron chi connectivity index (χ3n) is 4.04. The van der Waals surface area contributed by atoms with Gasteiger partial charge in [0.25, 0.3) is 0 Å². The van der Waals surface area contributed by atoms with E-state index in [1.807, 2.05) is 0 Å². The molecule has 2 fully saturated rings. The van der Waals surface area contributed by atoms with Crippen molar-refractivity contribution in [3.8, 4) is 0 Å². The Morgan fingerprint density at radius 1 is 1.22 bits per heavy atom. The topological polar surface area (TPSA) is 55.8 Å². The predicted octanol–water partition coefficient (Wildman–Crippen LogP) is 2.46. The summed E-state index contributed by atoms with van der Waals surface area (Å²) in [5, 5.41) is 8.85. The van der Waals surface area contributed by atoms with Gasteiger partial charge in [-0.15, -0.1) is 0 Å². The molecule has 0 spiro atoms. The van der Waals surface area contributed by atoms with Crippen molar-refractivity contribution in [3.05, 3.63) is 0 Å². The summed E-state index contributed by atoms with van der Waals surface area (Å²) in [5.74, 6) is 0.613. The van der Waals surface area contributed by atoms with Crippen LogP contribution in [0.5, 0.6) is 0 Å². The Balaban J connectivity index is 1.70. The number of rotatable bonds is 4. The monoisotopic (exact) mass is 256 g/mol. The molecule has 4 atom stereocenters. The van der Waals surface area contributed by atoms with Gasteiger partial charge in [0.05, 0.1) is 18.8 Å². The Hall–Kier alpha value is -0.610. The Labute approximate surface area is 109 Å². The molecule has 0 amide bonds. The first kappa shape index (κ1) is 13.8. The van der Waals surface area contributed by atoms with Crippen molar-refractivity contribution in [2.24, 2.45) is 11.8 Å². The van der Waals surface area contributed by atoms with Gasteiger partial charge < -0.3 is 14.6 Å². The lowest BCUT2D eigenvalue weighted by molar-refractivity contribution is -0.151. The maximum atomic E-state index is 10.8. The van der Waals surface area contributed by atoms with E-state index in [1.165, 1.54) is 6.42 Å². The smallest absolute Gasteiger partial charge is 0.332 e. The Morgan fingerprint density at radius 3 is 2.44 bits per heavy atom. The van der Waals surface area contributed by atoms with E-state index in [9.17, 15) is 4.79 Å². The lowest BCUT2D eigenvalue weighted by Crippen LogP contribution is -2.30. The van der Waals surface area contributed by atoms with E-state index >= 15 is 0 Å². The normalized spacial score (nSPS) is 40.9. The molecule has 2 rings (SSSR count). The van der Waals surface area contributed by atoms with Gasteiger partial charge in [-0.25, -0.2) is 4.79 Å². The molecule has 1 aliphatic carbocycles. The molecule has 1 saturated heterocycles. The first-order chi connectivity index (χ1) is 8.54. The Bertz CT molecular complexity index is 282. The molecule has 4 unspecified atom stereocenters. The first-order valence-electron chi connectivity index (χ1n) is 7.04. The van der Waals surface area contributed by atoms with Crippen molar-refractivity contribution in [2.75, 3.05) is 6.61 Å². The molecule has 1 aliphatic heterocycles. The quantitative estimate of drug-likeness (QED) is 0.839. The van der Waals surface area contributed by atoms with Gasteiger partial charge in [-0.2, -0.15) is 0 Å². The van der Waals surface area contributed by atoms with Gasteiger partial charge in [-0.1, -0.05) is 13.8 Å². The second-order valence-electron chi connectivity index (χ2n) is 6.04.